The Morgan fingerprint density at radius 3 is 2.94 bits per heavy atom. The van der Waals surface area contributed by atoms with Crippen molar-refractivity contribution in [2.45, 2.75) is 32.2 Å². The monoisotopic (exact) mass is 258 g/mol. The van der Waals surface area contributed by atoms with Crippen LogP contribution in [0.3, 0.4) is 0 Å². The van der Waals surface area contributed by atoms with Crippen LogP contribution in [0.15, 0.2) is 18.2 Å². The molecule has 1 aromatic carbocycles. The van der Waals surface area contributed by atoms with Crippen LogP contribution >= 0.6 is 11.6 Å². The molecule has 1 amide bonds. The summed E-state index contributed by atoms with van der Waals surface area (Å²) in [5.41, 5.74) is 6.02. The molecule has 3 N–H and O–H groups in total. The third-order valence-electron chi connectivity index (χ3n) is 2.31. The van der Waals surface area contributed by atoms with Crippen LogP contribution in [0.2, 0.25) is 5.02 Å². The number of halogens is 2. The number of carbonyl (C=O) groups is 1. The molecule has 0 radical (unpaired) electrons. The van der Waals surface area contributed by atoms with Crippen molar-refractivity contribution in [3.63, 3.8) is 0 Å². The lowest BCUT2D eigenvalue weighted by Gasteiger charge is -2.11. The zero-order valence-corrected chi connectivity index (χ0v) is 10.4. The molecule has 0 heterocycles. The predicted molar refractivity (Wildman–Crippen MR) is 67.5 cm³/mol. The van der Waals surface area contributed by atoms with Crippen molar-refractivity contribution in [3.05, 3.63) is 29.0 Å². The quantitative estimate of drug-likeness (QED) is 0.853. The Bertz CT molecular complexity index is 398. The van der Waals surface area contributed by atoms with Crippen molar-refractivity contribution in [1.82, 2.24) is 0 Å². The molecule has 0 bridgehead atoms. The molecule has 1 unspecified atom stereocenters. The number of anilines is 1. The molecule has 0 aromatic heterocycles. The number of benzene rings is 1. The summed E-state index contributed by atoms with van der Waals surface area (Å²) < 4.78 is 12.9. The van der Waals surface area contributed by atoms with Crippen LogP contribution < -0.4 is 11.1 Å². The van der Waals surface area contributed by atoms with Gasteiger partial charge in [-0.25, -0.2) is 4.39 Å². The fraction of sp³-hybridized carbons (Fsp3) is 0.417. The van der Waals surface area contributed by atoms with Crippen molar-refractivity contribution in [2.24, 2.45) is 5.73 Å². The van der Waals surface area contributed by atoms with Crippen LogP contribution in [-0.2, 0) is 4.79 Å². The standard InChI is InChI=1S/C12H16ClFN2O/c1-2-3-9(15)7-12(17)16-11-6-8(14)4-5-10(11)13/h4-6,9H,2-3,7,15H2,1H3,(H,16,17). The van der Waals surface area contributed by atoms with Gasteiger partial charge in [-0.3, -0.25) is 4.79 Å². The fourth-order valence-electron chi connectivity index (χ4n) is 1.51. The van der Waals surface area contributed by atoms with Crippen molar-refractivity contribution >= 4 is 23.2 Å². The Balaban J connectivity index is 2.58. The number of nitrogens with two attached hydrogens (primary N) is 1. The first-order chi connectivity index (χ1) is 8.02. The Labute approximate surface area is 105 Å². The third-order valence-corrected chi connectivity index (χ3v) is 2.64. The molecule has 0 spiro atoms. The highest BCUT2D eigenvalue weighted by molar-refractivity contribution is 6.33. The van der Waals surface area contributed by atoms with Crippen molar-refractivity contribution in [1.29, 1.82) is 0 Å². The van der Waals surface area contributed by atoms with Crippen molar-refractivity contribution < 1.29 is 9.18 Å². The van der Waals surface area contributed by atoms with E-state index in [2.05, 4.69) is 5.32 Å². The molecule has 0 saturated heterocycles. The summed E-state index contributed by atoms with van der Waals surface area (Å²) in [6.07, 6.45) is 1.92. The second-order valence-electron chi connectivity index (χ2n) is 3.93. The molecule has 1 atom stereocenters. The topological polar surface area (TPSA) is 55.1 Å². The number of rotatable bonds is 5. The van der Waals surface area contributed by atoms with E-state index >= 15 is 0 Å². The average Bonchev–Trinajstić information content (AvgIpc) is 2.23. The van der Waals surface area contributed by atoms with Crippen LogP contribution in [0.4, 0.5) is 10.1 Å². The molecule has 0 aliphatic heterocycles. The van der Waals surface area contributed by atoms with Gasteiger partial charge in [0.1, 0.15) is 5.82 Å². The van der Waals surface area contributed by atoms with Crippen LogP contribution in [0, 0.1) is 5.82 Å². The van der Waals surface area contributed by atoms with Gasteiger partial charge in [0.05, 0.1) is 10.7 Å². The van der Waals surface area contributed by atoms with Crippen molar-refractivity contribution in [3.8, 4) is 0 Å². The first kappa shape index (κ1) is 13.9. The van der Waals surface area contributed by atoms with E-state index in [1.165, 1.54) is 18.2 Å². The Hall–Kier alpha value is -1.13. The molecule has 94 valence electrons. The molecule has 0 aliphatic carbocycles. The lowest BCUT2D eigenvalue weighted by atomic mass is 10.1. The van der Waals surface area contributed by atoms with Gasteiger partial charge in [-0.2, -0.15) is 0 Å². The predicted octanol–water partition coefficient (Wildman–Crippen LogP) is 2.94. The number of carbonyl (C=O) groups excluding carboxylic acids is 1. The van der Waals surface area contributed by atoms with Gasteiger partial charge in [0.2, 0.25) is 5.91 Å². The van der Waals surface area contributed by atoms with E-state index in [-0.39, 0.29) is 24.1 Å². The van der Waals surface area contributed by atoms with Crippen LogP contribution in [-0.4, -0.2) is 11.9 Å². The summed E-state index contributed by atoms with van der Waals surface area (Å²) in [5, 5.41) is 2.86. The molecule has 1 rings (SSSR count). The number of nitrogens with one attached hydrogen (secondary N) is 1. The lowest BCUT2D eigenvalue weighted by molar-refractivity contribution is -0.116. The first-order valence-electron chi connectivity index (χ1n) is 5.53. The number of amides is 1. The maximum atomic E-state index is 12.9. The second kappa shape index (κ2) is 6.57. The van der Waals surface area contributed by atoms with E-state index in [0.29, 0.717) is 5.02 Å². The Kier molecular flexibility index (Phi) is 5.38. The molecule has 0 aliphatic rings. The highest BCUT2D eigenvalue weighted by Crippen LogP contribution is 2.22. The summed E-state index contributed by atoms with van der Waals surface area (Å²) in [7, 11) is 0. The van der Waals surface area contributed by atoms with Gasteiger partial charge in [0.15, 0.2) is 0 Å². The third kappa shape index (κ3) is 4.71. The summed E-state index contributed by atoms with van der Waals surface area (Å²) in [5.74, 6) is -0.694. The molecule has 5 heteroatoms. The maximum absolute atomic E-state index is 12.9. The summed E-state index contributed by atoms with van der Waals surface area (Å²) in [6, 6.07) is 3.65. The van der Waals surface area contributed by atoms with Crippen LogP contribution in [0.1, 0.15) is 26.2 Å². The second-order valence-corrected chi connectivity index (χ2v) is 4.33. The molecular weight excluding hydrogens is 243 g/mol. The lowest BCUT2D eigenvalue weighted by Crippen LogP contribution is -2.26. The highest BCUT2D eigenvalue weighted by atomic mass is 35.5. The average molecular weight is 259 g/mol. The molecule has 1 aromatic rings. The molecular formula is C12H16ClFN2O. The summed E-state index contributed by atoms with van der Waals surface area (Å²) in [4.78, 5) is 11.6. The zero-order chi connectivity index (χ0) is 12.8. The zero-order valence-electron chi connectivity index (χ0n) is 9.67. The minimum atomic E-state index is -0.442. The SMILES string of the molecule is CCCC(N)CC(=O)Nc1cc(F)ccc1Cl. The van der Waals surface area contributed by atoms with Gasteiger partial charge < -0.3 is 11.1 Å². The molecule has 3 nitrogen and oxygen atoms in total. The van der Waals surface area contributed by atoms with Crippen LogP contribution in [0.25, 0.3) is 0 Å². The van der Waals surface area contributed by atoms with Gasteiger partial charge in [-0.15, -0.1) is 0 Å². The fourth-order valence-corrected chi connectivity index (χ4v) is 1.67. The first-order valence-corrected chi connectivity index (χ1v) is 5.91. The Morgan fingerprint density at radius 2 is 2.29 bits per heavy atom. The number of hydrogen-bond acceptors (Lipinski definition) is 2. The van der Waals surface area contributed by atoms with E-state index in [1.54, 1.807) is 0 Å². The van der Waals surface area contributed by atoms with Crippen LogP contribution in [0.5, 0.6) is 0 Å². The minimum absolute atomic E-state index is 0.174. The smallest absolute Gasteiger partial charge is 0.225 e. The minimum Gasteiger partial charge on any atom is -0.327 e. The van der Waals surface area contributed by atoms with Gasteiger partial charge in [0, 0.05) is 12.5 Å². The van der Waals surface area contributed by atoms with Gasteiger partial charge >= 0.3 is 0 Å². The maximum Gasteiger partial charge on any atom is 0.225 e. The van der Waals surface area contributed by atoms with E-state index in [0.717, 1.165) is 12.8 Å². The largest absolute Gasteiger partial charge is 0.327 e. The van der Waals surface area contributed by atoms with Gasteiger partial charge in [-0.05, 0) is 24.6 Å². The number of hydrogen-bond donors (Lipinski definition) is 2. The summed E-state index contributed by atoms with van der Waals surface area (Å²) in [6.45, 7) is 2.00. The normalized spacial score (nSPS) is 12.2. The molecule has 0 saturated carbocycles. The van der Waals surface area contributed by atoms with E-state index in [9.17, 15) is 9.18 Å². The highest BCUT2D eigenvalue weighted by Gasteiger charge is 2.11. The Morgan fingerprint density at radius 1 is 1.59 bits per heavy atom. The van der Waals surface area contributed by atoms with Gasteiger partial charge in [0.25, 0.3) is 0 Å². The summed E-state index contributed by atoms with van der Waals surface area (Å²) >= 11 is 5.83. The molecule has 17 heavy (non-hydrogen) atoms. The molecule has 0 fully saturated rings. The van der Waals surface area contributed by atoms with E-state index < -0.39 is 5.82 Å². The van der Waals surface area contributed by atoms with E-state index in [1.807, 2.05) is 6.92 Å². The van der Waals surface area contributed by atoms with Gasteiger partial charge in [-0.1, -0.05) is 24.9 Å². The van der Waals surface area contributed by atoms with Crippen molar-refractivity contribution in [2.75, 3.05) is 5.32 Å². The van der Waals surface area contributed by atoms with E-state index in [4.69, 9.17) is 17.3 Å².